The Balaban J connectivity index is 1.26. The van der Waals surface area contributed by atoms with Gasteiger partial charge in [-0.05, 0) is 94.0 Å². The molecule has 48 heavy (non-hydrogen) atoms. The summed E-state index contributed by atoms with van der Waals surface area (Å²) in [7, 11) is 0. The van der Waals surface area contributed by atoms with Gasteiger partial charge in [-0.1, -0.05) is 188 Å². The SMILES string of the molecule is c1ccc(-c2ccc(-c3ccccc3-c3c4ccccc4c(-c4cccc(-c5cccc6ccccc56)c4)c4ccccc34)cc2)cc1. The van der Waals surface area contributed by atoms with Crippen LogP contribution < -0.4 is 0 Å². The summed E-state index contributed by atoms with van der Waals surface area (Å²) in [6.07, 6.45) is 0. The normalized spacial score (nSPS) is 11.3. The van der Waals surface area contributed by atoms with E-state index in [1.54, 1.807) is 0 Å². The van der Waals surface area contributed by atoms with Gasteiger partial charge in [-0.15, -0.1) is 0 Å². The highest BCUT2D eigenvalue weighted by Crippen LogP contribution is 2.46. The Hall–Kier alpha value is -6.24. The minimum absolute atomic E-state index is 1.21. The van der Waals surface area contributed by atoms with Crippen LogP contribution in [-0.4, -0.2) is 0 Å². The van der Waals surface area contributed by atoms with Gasteiger partial charge in [0, 0.05) is 0 Å². The quantitative estimate of drug-likeness (QED) is 0.171. The van der Waals surface area contributed by atoms with Crippen molar-refractivity contribution in [1.82, 2.24) is 0 Å². The van der Waals surface area contributed by atoms with Crippen molar-refractivity contribution < 1.29 is 0 Å². The van der Waals surface area contributed by atoms with Crippen molar-refractivity contribution >= 4 is 32.3 Å². The molecule has 0 radical (unpaired) electrons. The van der Waals surface area contributed by atoms with Crippen molar-refractivity contribution in [3.63, 3.8) is 0 Å². The molecule has 0 aliphatic heterocycles. The van der Waals surface area contributed by atoms with Gasteiger partial charge in [-0.2, -0.15) is 0 Å². The molecular weight excluding hydrogens is 577 g/mol. The molecule has 0 unspecified atom stereocenters. The Morgan fingerprint density at radius 1 is 0.208 bits per heavy atom. The highest BCUT2D eigenvalue weighted by atomic mass is 14.2. The second-order valence-electron chi connectivity index (χ2n) is 12.4. The van der Waals surface area contributed by atoms with E-state index in [4.69, 9.17) is 0 Å². The molecular formula is C48H32. The molecule has 0 atom stereocenters. The van der Waals surface area contributed by atoms with E-state index in [0.29, 0.717) is 0 Å². The summed E-state index contributed by atoms with van der Waals surface area (Å²) in [6, 6.07) is 70.7. The lowest BCUT2D eigenvalue weighted by Crippen LogP contribution is -1.93. The largest absolute Gasteiger partial charge is 0.0622 e. The fraction of sp³-hybridized carbons (Fsp3) is 0. The van der Waals surface area contributed by atoms with Crippen LogP contribution in [-0.2, 0) is 0 Å². The van der Waals surface area contributed by atoms with Gasteiger partial charge in [0.15, 0.2) is 0 Å². The summed E-state index contributed by atoms with van der Waals surface area (Å²) >= 11 is 0. The number of fused-ring (bicyclic) bond motifs is 3. The monoisotopic (exact) mass is 608 g/mol. The first-order chi connectivity index (χ1) is 23.8. The molecule has 224 valence electrons. The lowest BCUT2D eigenvalue weighted by Gasteiger charge is -2.20. The number of rotatable bonds is 5. The van der Waals surface area contributed by atoms with Crippen LogP contribution in [0.2, 0.25) is 0 Å². The van der Waals surface area contributed by atoms with Crippen LogP contribution in [0, 0.1) is 0 Å². The van der Waals surface area contributed by atoms with E-state index in [1.165, 1.54) is 88.0 Å². The van der Waals surface area contributed by atoms with E-state index in [-0.39, 0.29) is 0 Å². The molecule has 0 heterocycles. The third-order valence-corrected chi connectivity index (χ3v) is 9.68. The van der Waals surface area contributed by atoms with Crippen molar-refractivity contribution in [2.45, 2.75) is 0 Å². The maximum atomic E-state index is 2.37. The molecule has 0 saturated carbocycles. The number of benzene rings is 9. The molecule has 0 saturated heterocycles. The highest BCUT2D eigenvalue weighted by molar-refractivity contribution is 6.22. The molecule has 9 aromatic rings. The van der Waals surface area contributed by atoms with Gasteiger partial charge in [0.05, 0.1) is 0 Å². The summed E-state index contributed by atoms with van der Waals surface area (Å²) in [5.41, 5.74) is 12.4. The molecule has 0 aliphatic rings. The van der Waals surface area contributed by atoms with Crippen LogP contribution in [0.1, 0.15) is 0 Å². The number of hydrogen-bond donors (Lipinski definition) is 0. The fourth-order valence-corrected chi connectivity index (χ4v) is 7.47. The molecule has 0 heteroatoms. The van der Waals surface area contributed by atoms with Crippen molar-refractivity contribution in [1.29, 1.82) is 0 Å². The summed E-state index contributed by atoms with van der Waals surface area (Å²) in [5, 5.41) is 7.57. The van der Waals surface area contributed by atoms with E-state index in [1.807, 2.05) is 0 Å². The molecule has 0 nitrogen and oxygen atoms in total. The molecule has 9 aromatic carbocycles. The van der Waals surface area contributed by atoms with Crippen LogP contribution in [0.5, 0.6) is 0 Å². The Labute approximate surface area is 281 Å². The summed E-state index contributed by atoms with van der Waals surface area (Å²) in [6.45, 7) is 0. The summed E-state index contributed by atoms with van der Waals surface area (Å²) < 4.78 is 0. The van der Waals surface area contributed by atoms with Crippen LogP contribution >= 0.6 is 0 Å². The molecule has 0 fully saturated rings. The standard InChI is InChI=1S/C48H32/c1-2-14-33(15-3-1)34-28-30-36(31-29-34)40-21-6-7-22-42(40)48-45-25-10-8-23-43(45)47(44-24-9-11-26-46(44)48)38-19-12-18-37(32-38)41-27-13-17-35-16-4-5-20-39(35)41/h1-32H. The Kier molecular flexibility index (Phi) is 6.91. The minimum Gasteiger partial charge on any atom is -0.0622 e. The average Bonchev–Trinajstić information content (AvgIpc) is 3.17. The third kappa shape index (κ3) is 4.78. The first-order valence-electron chi connectivity index (χ1n) is 16.6. The van der Waals surface area contributed by atoms with E-state index in [2.05, 4.69) is 194 Å². The molecule has 0 amide bonds. The average molecular weight is 609 g/mol. The molecule has 0 aromatic heterocycles. The zero-order valence-corrected chi connectivity index (χ0v) is 26.5. The van der Waals surface area contributed by atoms with Crippen LogP contribution in [0.3, 0.4) is 0 Å². The zero-order chi connectivity index (χ0) is 31.9. The van der Waals surface area contributed by atoms with Crippen molar-refractivity contribution in [3.05, 3.63) is 194 Å². The predicted octanol–water partition coefficient (Wildman–Crippen LogP) is 13.5. The van der Waals surface area contributed by atoms with E-state index in [9.17, 15) is 0 Å². The van der Waals surface area contributed by atoms with Crippen molar-refractivity contribution in [3.8, 4) is 55.6 Å². The maximum absolute atomic E-state index is 2.37. The van der Waals surface area contributed by atoms with Gasteiger partial charge in [-0.3, -0.25) is 0 Å². The van der Waals surface area contributed by atoms with Gasteiger partial charge >= 0.3 is 0 Å². The molecule has 0 N–H and O–H groups in total. The van der Waals surface area contributed by atoms with Gasteiger partial charge in [-0.25, -0.2) is 0 Å². The van der Waals surface area contributed by atoms with Gasteiger partial charge < -0.3 is 0 Å². The second-order valence-corrected chi connectivity index (χ2v) is 12.4. The summed E-state index contributed by atoms with van der Waals surface area (Å²) in [4.78, 5) is 0. The molecule has 9 rings (SSSR count). The smallest absolute Gasteiger partial charge is 0.00201 e. The van der Waals surface area contributed by atoms with Crippen LogP contribution in [0.25, 0.3) is 88.0 Å². The Bertz CT molecular complexity index is 2530. The lowest BCUT2D eigenvalue weighted by atomic mass is 9.83. The first kappa shape index (κ1) is 28.0. The second kappa shape index (κ2) is 11.8. The van der Waals surface area contributed by atoms with E-state index < -0.39 is 0 Å². The molecule has 0 spiro atoms. The number of hydrogen-bond acceptors (Lipinski definition) is 0. The maximum Gasteiger partial charge on any atom is -0.00201 e. The first-order valence-corrected chi connectivity index (χ1v) is 16.6. The third-order valence-electron chi connectivity index (χ3n) is 9.68. The lowest BCUT2D eigenvalue weighted by molar-refractivity contribution is 1.58. The van der Waals surface area contributed by atoms with Crippen molar-refractivity contribution in [2.24, 2.45) is 0 Å². The van der Waals surface area contributed by atoms with E-state index in [0.717, 1.165) is 0 Å². The molecule has 0 bridgehead atoms. The predicted molar refractivity (Wildman–Crippen MR) is 206 cm³/mol. The summed E-state index contributed by atoms with van der Waals surface area (Å²) in [5.74, 6) is 0. The topological polar surface area (TPSA) is 0 Å². The Morgan fingerprint density at radius 2 is 0.646 bits per heavy atom. The van der Waals surface area contributed by atoms with Crippen molar-refractivity contribution in [2.75, 3.05) is 0 Å². The highest BCUT2D eigenvalue weighted by Gasteiger charge is 2.19. The minimum atomic E-state index is 1.21. The van der Waals surface area contributed by atoms with Gasteiger partial charge in [0.2, 0.25) is 0 Å². The molecule has 0 aliphatic carbocycles. The van der Waals surface area contributed by atoms with Gasteiger partial charge in [0.25, 0.3) is 0 Å². The zero-order valence-electron chi connectivity index (χ0n) is 26.5. The van der Waals surface area contributed by atoms with Gasteiger partial charge in [0.1, 0.15) is 0 Å². The Morgan fingerprint density at radius 3 is 1.35 bits per heavy atom. The van der Waals surface area contributed by atoms with E-state index >= 15 is 0 Å². The van der Waals surface area contributed by atoms with Crippen LogP contribution in [0.4, 0.5) is 0 Å². The van der Waals surface area contributed by atoms with Crippen LogP contribution in [0.15, 0.2) is 194 Å². The fourth-order valence-electron chi connectivity index (χ4n) is 7.47.